The lowest BCUT2D eigenvalue weighted by atomic mass is 9.88. The van der Waals surface area contributed by atoms with Crippen LogP contribution in [0.25, 0.3) is 0 Å². The van der Waals surface area contributed by atoms with Crippen molar-refractivity contribution in [2.45, 2.75) is 26.7 Å². The molecule has 0 aromatic heterocycles. The number of carbonyl (C=O) groups is 2. The molecule has 0 saturated carbocycles. The molecule has 0 radical (unpaired) electrons. The predicted molar refractivity (Wildman–Crippen MR) is 60.0 cm³/mol. The van der Waals surface area contributed by atoms with Gasteiger partial charge in [0.25, 0.3) is 0 Å². The van der Waals surface area contributed by atoms with Gasteiger partial charge in [-0.25, -0.2) is 0 Å². The van der Waals surface area contributed by atoms with Crippen molar-refractivity contribution in [3.63, 3.8) is 0 Å². The molecule has 0 aromatic rings. The third-order valence-corrected chi connectivity index (χ3v) is 3.27. The van der Waals surface area contributed by atoms with Crippen molar-refractivity contribution in [3.05, 3.63) is 0 Å². The van der Waals surface area contributed by atoms with Gasteiger partial charge in [-0.15, -0.1) is 0 Å². The highest BCUT2D eigenvalue weighted by molar-refractivity contribution is 5.83. The highest BCUT2D eigenvalue weighted by atomic mass is 16.4. The Bertz CT molecular complexity index is 272. The molecular weight excluding hydrogens is 208 g/mol. The van der Waals surface area contributed by atoms with E-state index in [1.54, 1.807) is 0 Å². The maximum absolute atomic E-state index is 11.9. The van der Waals surface area contributed by atoms with E-state index >= 15 is 0 Å². The second kappa shape index (κ2) is 5.30. The Kier molecular flexibility index (Phi) is 4.29. The highest BCUT2D eigenvalue weighted by Crippen LogP contribution is 2.24. The standard InChI is InChI=1S/C11H20N2O3/c1-3-8(9(14)15)6-13-10(16)11(2)4-5-12-7-11/h8,12H,3-7H2,1-2H3,(H,13,16)(H,14,15). The molecule has 2 atom stereocenters. The molecule has 1 fully saturated rings. The van der Waals surface area contributed by atoms with Gasteiger partial charge in [0.15, 0.2) is 0 Å². The van der Waals surface area contributed by atoms with Crippen LogP contribution in [0.4, 0.5) is 0 Å². The van der Waals surface area contributed by atoms with Crippen molar-refractivity contribution in [1.82, 2.24) is 10.6 Å². The summed E-state index contributed by atoms with van der Waals surface area (Å²) in [4.78, 5) is 22.6. The average Bonchev–Trinajstić information content (AvgIpc) is 2.66. The first-order chi connectivity index (χ1) is 7.49. The van der Waals surface area contributed by atoms with Crippen molar-refractivity contribution in [2.75, 3.05) is 19.6 Å². The smallest absolute Gasteiger partial charge is 0.308 e. The molecule has 0 bridgehead atoms. The minimum absolute atomic E-state index is 0.0443. The van der Waals surface area contributed by atoms with Gasteiger partial charge >= 0.3 is 5.97 Å². The Hall–Kier alpha value is -1.10. The van der Waals surface area contributed by atoms with Crippen molar-refractivity contribution in [3.8, 4) is 0 Å². The van der Waals surface area contributed by atoms with Gasteiger partial charge in [-0.3, -0.25) is 9.59 Å². The molecule has 1 heterocycles. The number of rotatable bonds is 5. The summed E-state index contributed by atoms with van der Waals surface area (Å²) in [5.41, 5.74) is -0.378. The van der Waals surface area contributed by atoms with Crippen molar-refractivity contribution in [2.24, 2.45) is 11.3 Å². The zero-order chi connectivity index (χ0) is 12.2. The van der Waals surface area contributed by atoms with Gasteiger partial charge in [0.05, 0.1) is 11.3 Å². The van der Waals surface area contributed by atoms with Crippen LogP contribution in [0.15, 0.2) is 0 Å². The van der Waals surface area contributed by atoms with E-state index in [9.17, 15) is 9.59 Å². The molecule has 5 heteroatoms. The van der Waals surface area contributed by atoms with Crippen LogP contribution in [0.2, 0.25) is 0 Å². The van der Waals surface area contributed by atoms with Gasteiger partial charge in [-0.2, -0.15) is 0 Å². The van der Waals surface area contributed by atoms with Crippen LogP contribution in [0, 0.1) is 11.3 Å². The first kappa shape index (κ1) is 13.0. The number of nitrogens with one attached hydrogen (secondary N) is 2. The van der Waals surface area contributed by atoms with E-state index in [-0.39, 0.29) is 17.9 Å². The molecule has 1 amide bonds. The summed E-state index contributed by atoms with van der Waals surface area (Å²) >= 11 is 0. The van der Waals surface area contributed by atoms with E-state index in [1.807, 2.05) is 13.8 Å². The molecule has 1 aliphatic heterocycles. The number of hydrogen-bond acceptors (Lipinski definition) is 3. The topological polar surface area (TPSA) is 78.4 Å². The van der Waals surface area contributed by atoms with Gasteiger partial charge < -0.3 is 15.7 Å². The van der Waals surface area contributed by atoms with Gasteiger partial charge in [-0.05, 0) is 26.3 Å². The van der Waals surface area contributed by atoms with Crippen LogP contribution in [0.3, 0.4) is 0 Å². The maximum atomic E-state index is 11.9. The Balaban J connectivity index is 2.42. The minimum atomic E-state index is -0.850. The van der Waals surface area contributed by atoms with E-state index in [1.165, 1.54) is 0 Å². The fourth-order valence-corrected chi connectivity index (χ4v) is 1.85. The third-order valence-electron chi connectivity index (χ3n) is 3.27. The van der Waals surface area contributed by atoms with E-state index in [4.69, 9.17) is 5.11 Å². The predicted octanol–water partition coefficient (Wildman–Crippen LogP) is 0.213. The largest absolute Gasteiger partial charge is 0.481 e. The molecule has 0 spiro atoms. The van der Waals surface area contributed by atoms with Crippen molar-refractivity contribution < 1.29 is 14.7 Å². The lowest BCUT2D eigenvalue weighted by molar-refractivity contribution is -0.142. The number of carboxylic acids is 1. The van der Waals surface area contributed by atoms with E-state index in [0.717, 1.165) is 13.0 Å². The van der Waals surface area contributed by atoms with Gasteiger partial charge in [0.1, 0.15) is 0 Å². The molecule has 5 nitrogen and oxygen atoms in total. The normalized spacial score (nSPS) is 26.4. The summed E-state index contributed by atoms with van der Waals surface area (Å²) in [6.45, 7) is 5.46. The average molecular weight is 228 g/mol. The van der Waals surface area contributed by atoms with Gasteiger partial charge in [-0.1, -0.05) is 6.92 Å². The lowest BCUT2D eigenvalue weighted by Gasteiger charge is -2.22. The van der Waals surface area contributed by atoms with E-state index in [0.29, 0.717) is 13.0 Å². The second-order valence-electron chi connectivity index (χ2n) is 4.64. The van der Waals surface area contributed by atoms with Crippen LogP contribution in [0.5, 0.6) is 0 Å². The summed E-state index contributed by atoms with van der Waals surface area (Å²) < 4.78 is 0. The Labute approximate surface area is 95.6 Å². The van der Waals surface area contributed by atoms with Crippen LogP contribution >= 0.6 is 0 Å². The molecule has 1 rings (SSSR count). The molecular formula is C11H20N2O3. The van der Waals surface area contributed by atoms with Gasteiger partial charge in [0.2, 0.25) is 5.91 Å². The van der Waals surface area contributed by atoms with Gasteiger partial charge in [0, 0.05) is 13.1 Å². The molecule has 0 aromatic carbocycles. The Morgan fingerprint density at radius 2 is 2.25 bits per heavy atom. The Morgan fingerprint density at radius 1 is 1.56 bits per heavy atom. The number of carboxylic acid groups (broad SMARTS) is 1. The summed E-state index contributed by atoms with van der Waals surface area (Å²) in [6.07, 6.45) is 1.34. The Morgan fingerprint density at radius 3 is 2.69 bits per heavy atom. The molecule has 1 aliphatic rings. The maximum Gasteiger partial charge on any atom is 0.308 e. The molecule has 92 valence electrons. The number of amides is 1. The zero-order valence-corrected chi connectivity index (χ0v) is 9.88. The molecule has 16 heavy (non-hydrogen) atoms. The van der Waals surface area contributed by atoms with Crippen LogP contribution in [0.1, 0.15) is 26.7 Å². The van der Waals surface area contributed by atoms with Crippen LogP contribution in [-0.4, -0.2) is 36.6 Å². The first-order valence-electron chi connectivity index (χ1n) is 5.71. The second-order valence-corrected chi connectivity index (χ2v) is 4.64. The molecule has 1 saturated heterocycles. The SMILES string of the molecule is CCC(CNC(=O)C1(C)CCNC1)C(=O)O. The van der Waals surface area contributed by atoms with Crippen LogP contribution < -0.4 is 10.6 Å². The first-order valence-corrected chi connectivity index (χ1v) is 5.71. The molecule has 3 N–H and O–H groups in total. The fraction of sp³-hybridized carbons (Fsp3) is 0.818. The fourth-order valence-electron chi connectivity index (χ4n) is 1.85. The monoisotopic (exact) mass is 228 g/mol. The number of carbonyl (C=O) groups excluding carboxylic acids is 1. The van der Waals surface area contributed by atoms with Crippen molar-refractivity contribution in [1.29, 1.82) is 0 Å². The van der Waals surface area contributed by atoms with Crippen molar-refractivity contribution >= 4 is 11.9 Å². The zero-order valence-electron chi connectivity index (χ0n) is 9.88. The number of hydrogen-bond donors (Lipinski definition) is 3. The van der Waals surface area contributed by atoms with E-state index < -0.39 is 11.9 Å². The summed E-state index contributed by atoms with van der Waals surface area (Å²) in [7, 11) is 0. The third kappa shape index (κ3) is 2.95. The summed E-state index contributed by atoms with van der Waals surface area (Å²) in [5, 5.41) is 14.7. The quantitative estimate of drug-likeness (QED) is 0.628. The minimum Gasteiger partial charge on any atom is -0.481 e. The number of aliphatic carboxylic acids is 1. The summed E-state index contributed by atoms with van der Waals surface area (Å²) in [5.74, 6) is -1.38. The summed E-state index contributed by atoms with van der Waals surface area (Å²) in [6, 6.07) is 0. The molecule has 2 unspecified atom stereocenters. The molecule has 0 aliphatic carbocycles. The lowest BCUT2D eigenvalue weighted by Crippen LogP contribution is -2.43. The van der Waals surface area contributed by atoms with Crippen LogP contribution in [-0.2, 0) is 9.59 Å². The van der Waals surface area contributed by atoms with E-state index in [2.05, 4.69) is 10.6 Å². The highest BCUT2D eigenvalue weighted by Gasteiger charge is 2.36.